The number of rotatable bonds is 3. The van der Waals surface area contributed by atoms with Crippen LogP contribution in [0.15, 0.2) is 47.4 Å². The van der Waals surface area contributed by atoms with Gasteiger partial charge >= 0.3 is 41.9 Å². The van der Waals surface area contributed by atoms with Gasteiger partial charge in [-0.1, -0.05) is 41.4 Å². The maximum Gasteiger partial charge on any atom is 1.00 e. The van der Waals surface area contributed by atoms with Gasteiger partial charge in [0.2, 0.25) is 5.41 Å². The van der Waals surface area contributed by atoms with Crippen molar-refractivity contribution in [2.75, 3.05) is 0 Å². The zero-order chi connectivity index (χ0) is 20.8. The van der Waals surface area contributed by atoms with E-state index in [0.29, 0.717) is 24.3 Å². The molecule has 0 aliphatic rings. The number of benzene rings is 2. The summed E-state index contributed by atoms with van der Waals surface area (Å²) in [5.41, 5.74) is -7.40. The third-order valence-electron chi connectivity index (χ3n) is 3.76. The number of halogens is 8. The average Bonchev–Trinajstić information content (AvgIpc) is 2.47. The Morgan fingerprint density at radius 3 is 1.61 bits per heavy atom. The Balaban J connectivity index is 0.00000392. The molecule has 0 bridgehead atoms. The molecule has 2 aromatic rings. The van der Waals surface area contributed by atoms with Gasteiger partial charge in [-0.3, -0.25) is 0 Å². The van der Waals surface area contributed by atoms with E-state index in [-0.39, 0.29) is 40.6 Å². The molecule has 0 amide bonds. The van der Waals surface area contributed by atoms with Crippen molar-refractivity contribution in [1.82, 2.24) is 0 Å². The molecular formula is C15H7Cl2F6NaO3S. The minimum Gasteiger partial charge on any atom is -0.744 e. The van der Waals surface area contributed by atoms with E-state index in [9.17, 15) is 39.3 Å². The average molecular weight is 475 g/mol. The standard InChI is InChI=1S/C15H8Cl2F6O3S.Na/c16-10-4-1-8(2-5-10)13(14(18,19)20,15(21,22)23)9-3-6-11(17)12(7-9)27(24,25)26;/h1-7H,(H,24,25,26);/q;+1/p-1. The third kappa shape index (κ3) is 4.48. The monoisotopic (exact) mass is 474 g/mol. The quantitative estimate of drug-likeness (QED) is 0.389. The van der Waals surface area contributed by atoms with Gasteiger partial charge in [0.05, 0.1) is 9.92 Å². The summed E-state index contributed by atoms with van der Waals surface area (Å²) < 4.78 is 117. The molecule has 0 heterocycles. The van der Waals surface area contributed by atoms with Crippen molar-refractivity contribution >= 4 is 33.3 Å². The Bertz CT molecular complexity index is 945. The summed E-state index contributed by atoms with van der Waals surface area (Å²) in [7, 11) is -5.43. The summed E-state index contributed by atoms with van der Waals surface area (Å²) in [5.74, 6) is 0. The van der Waals surface area contributed by atoms with Crippen LogP contribution in [0, 0.1) is 0 Å². The molecule has 0 saturated heterocycles. The van der Waals surface area contributed by atoms with Gasteiger partial charge in [-0.2, -0.15) is 26.3 Å². The van der Waals surface area contributed by atoms with Crippen LogP contribution < -0.4 is 29.6 Å². The second-order valence-electron chi connectivity index (χ2n) is 5.35. The van der Waals surface area contributed by atoms with E-state index in [0.717, 1.165) is 12.1 Å². The van der Waals surface area contributed by atoms with Crippen LogP contribution >= 0.6 is 23.2 Å². The molecule has 148 valence electrons. The van der Waals surface area contributed by atoms with E-state index in [1.54, 1.807) is 0 Å². The summed E-state index contributed by atoms with van der Waals surface area (Å²) >= 11 is 11.0. The molecule has 0 unspecified atom stereocenters. The van der Waals surface area contributed by atoms with Crippen molar-refractivity contribution in [3.8, 4) is 0 Å². The van der Waals surface area contributed by atoms with E-state index >= 15 is 0 Å². The van der Waals surface area contributed by atoms with Crippen molar-refractivity contribution in [3.05, 3.63) is 63.6 Å². The molecule has 3 nitrogen and oxygen atoms in total. The molecule has 0 radical (unpaired) electrons. The molecule has 13 heteroatoms. The predicted octanol–water partition coefficient (Wildman–Crippen LogP) is 2.31. The Hall–Kier alpha value is -0.490. The van der Waals surface area contributed by atoms with Crippen LogP contribution in [0.5, 0.6) is 0 Å². The molecular weight excluding hydrogens is 468 g/mol. The van der Waals surface area contributed by atoms with E-state index < -0.39 is 48.9 Å². The Kier molecular flexibility index (Phi) is 7.60. The predicted molar refractivity (Wildman–Crippen MR) is 83.8 cm³/mol. The first-order valence-electron chi connectivity index (χ1n) is 6.78. The SMILES string of the molecule is O=S(=O)([O-])c1cc(C(c2ccc(Cl)cc2)(C(F)(F)F)C(F)(F)F)ccc1Cl.[Na+]. The normalized spacial score (nSPS) is 13.2. The first-order chi connectivity index (χ1) is 12.1. The maximum atomic E-state index is 13.9. The molecule has 0 N–H and O–H groups in total. The van der Waals surface area contributed by atoms with Crippen molar-refractivity contribution in [3.63, 3.8) is 0 Å². The van der Waals surface area contributed by atoms with Gasteiger partial charge in [0, 0.05) is 5.02 Å². The van der Waals surface area contributed by atoms with Crippen molar-refractivity contribution < 1.29 is 68.9 Å². The third-order valence-corrected chi connectivity index (χ3v) is 5.33. The van der Waals surface area contributed by atoms with Gasteiger partial charge in [-0.05, 0) is 35.4 Å². The van der Waals surface area contributed by atoms with Crippen LogP contribution in [0.3, 0.4) is 0 Å². The van der Waals surface area contributed by atoms with Crippen LogP contribution in [0.2, 0.25) is 10.0 Å². The van der Waals surface area contributed by atoms with E-state index in [4.69, 9.17) is 23.2 Å². The second kappa shape index (κ2) is 8.33. The molecule has 2 rings (SSSR count). The topological polar surface area (TPSA) is 57.2 Å². The fourth-order valence-electron chi connectivity index (χ4n) is 2.61. The zero-order valence-electron chi connectivity index (χ0n) is 13.7. The molecule has 0 spiro atoms. The van der Waals surface area contributed by atoms with Crippen molar-refractivity contribution in [1.29, 1.82) is 0 Å². The van der Waals surface area contributed by atoms with Gasteiger partial charge in [-0.15, -0.1) is 0 Å². The van der Waals surface area contributed by atoms with Crippen LogP contribution in [-0.4, -0.2) is 25.3 Å². The van der Waals surface area contributed by atoms with Crippen molar-refractivity contribution in [2.24, 2.45) is 0 Å². The van der Waals surface area contributed by atoms with Crippen LogP contribution in [0.4, 0.5) is 26.3 Å². The molecule has 0 aliphatic heterocycles. The van der Waals surface area contributed by atoms with Gasteiger partial charge in [0.25, 0.3) is 0 Å². The minimum atomic E-state index is -5.95. The number of hydrogen-bond acceptors (Lipinski definition) is 3. The summed E-state index contributed by atoms with van der Waals surface area (Å²) in [6, 6.07) is 3.53. The molecule has 0 atom stereocenters. The smallest absolute Gasteiger partial charge is 0.744 e. The number of alkyl halides is 6. The van der Waals surface area contributed by atoms with Crippen LogP contribution in [0.25, 0.3) is 0 Å². The summed E-state index contributed by atoms with van der Waals surface area (Å²) in [6.45, 7) is 0. The molecule has 0 saturated carbocycles. The molecule has 0 aromatic heterocycles. The summed E-state index contributed by atoms with van der Waals surface area (Å²) in [6.07, 6.45) is -11.9. The van der Waals surface area contributed by atoms with E-state index in [1.807, 2.05) is 0 Å². The van der Waals surface area contributed by atoms with Crippen molar-refractivity contribution in [2.45, 2.75) is 22.7 Å². The van der Waals surface area contributed by atoms with Gasteiger partial charge < -0.3 is 4.55 Å². The zero-order valence-corrected chi connectivity index (χ0v) is 18.0. The first-order valence-corrected chi connectivity index (χ1v) is 8.94. The van der Waals surface area contributed by atoms with E-state index in [2.05, 4.69) is 0 Å². The van der Waals surface area contributed by atoms with Crippen LogP contribution in [0.1, 0.15) is 11.1 Å². The maximum absolute atomic E-state index is 13.9. The molecule has 0 fully saturated rings. The van der Waals surface area contributed by atoms with Gasteiger partial charge in [0.1, 0.15) is 10.1 Å². The Labute approximate surface area is 187 Å². The molecule has 0 aliphatic carbocycles. The minimum absolute atomic E-state index is 0. The molecule has 2 aromatic carbocycles. The Morgan fingerprint density at radius 2 is 1.21 bits per heavy atom. The van der Waals surface area contributed by atoms with Gasteiger partial charge in [0.15, 0.2) is 0 Å². The fourth-order valence-corrected chi connectivity index (χ4v) is 3.72. The second-order valence-corrected chi connectivity index (χ2v) is 7.54. The fraction of sp³-hybridized carbons (Fsp3) is 0.200. The summed E-state index contributed by atoms with van der Waals surface area (Å²) in [5, 5.41) is -0.918. The van der Waals surface area contributed by atoms with Gasteiger partial charge in [-0.25, -0.2) is 8.42 Å². The summed E-state index contributed by atoms with van der Waals surface area (Å²) in [4.78, 5) is -1.39. The van der Waals surface area contributed by atoms with Crippen LogP contribution in [-0.2, 0) is 15.5 Å². The number of hydrogen-bond donors (Lipinski definition) is 0. The Morgan fingerprint density at radius 1 is 0.786 bits per heavy atom. The first kappa shape index (κ1) is 25.5. The van der Waals surface area contributed by atoms with E-state index in [1.165, 1.54) is 0 Å². The molecule has 28 heavy (non-hydrogen) atoms. The largest absolute Gasteiger partial charge is 1.00 e.